The van der Waals surface area contributed by atoms with Crippen molar-refractivity contribution in [2.45, 2.75) is 26.4 Å². The van der Waals surface area contributed by atoms with E-state index in [1.165, 1.54) is 6.92 Å². The third-order valence-electron chi connectivity index (χ3n) is 4.01. The number of hydrogen-bond donors (Lipinski definition) is 1. The van der Waals surface area contributed by atoms with Gasteiger partial charge >= 0.3 is 5.97 Å². The lowest BCUT2D eigenvalue weighted by Crippen LogP contribution is -2.48. The van der Waals surface area contributed by atoms with Crippen LogP contribution in [-0.2, 0) is 30.5 Å². The van der Waals surface area contributed by atoms with Crippen LogP contribution in [-0.4, -0.2) is 46.2 Å². The maximum Gasteiger partial charge on any atom is 0.356 e. The van der Waals surface area contributed by atoms with Gasteiger partial charge in [-0.15, -0.1) is 0 Å². The van der Waals surface area contributed by atoms with Gasteiger partial charge in [-0.3, -0.25) is 24.7 Å². The minimum Gasteiger partial charge on any atom is -0.461 e. The standard InChI is InChI=1S/C17H17N3O5/c1-3-25-17(24)13-12-14(20(18-13)10(2)21)16(23)19(15(12)22)9-11-7-5-4-6-8-11/h4-8,14,18H,3,9H2,1-2H3/t14-/m1/s1. The fraction of sp³-hybridized carbons (Fsp3) is 0.294. The second-order valence-corrected chi connectivity index (χ2v) is 5.63. The Morgan fingerprint density at radius 3 is 2.48 bits per heavy atom. The molecule has 0 bridgehead atoms. The van der Waals surface area contributed by atoms with E-state index in [0.717, 1.165) is 15.5 Å². The lowest BCUT2D eigenvalue weighted by Gasteiger charge is -2.23. The van der Waals surface area contributed by atoms with Crippen LogP contribution in [0.25, 0.3) is 0 Å². The number of hydrogen-bond acceptors (Lipinski definition) is 6. The van der Waals surface area contributed by atoms with Gasteiger partial charge < -0.3 is 4.74 Å². The van der Waals surface area contributed by atoms with Crippen LogP contribution < -0.4 is 5.43 Å². The summed E-state index contributed by atoms with van der Waals surface area (Å²) in [5.74, 6) is -2.40. The van der Waals surface area contributed by atoms with E-state index in [9.17, 15) is 19.2 Å². The van der Waals surface area contributed by atoms with Crippen molar-refractivity contribution in [2.24, 2.45) is 0 Å². The lowest BCUT2D eigenvalue weighted by molar-refractivity contribution is -0.147. The molecule has 0 unspecified atom stereocenters. The van der Waals surface area contributed by atoms with E-state index in [1.807, 2.05) is 6.07 Å². The molecule has 3 amide bonds. The smallest absolute Gasteiger partial charge is 0.356 e. The van der Waals surface area contributed by atoms with Gasteiger partial charge in [0.15, 0.2) is 11.7 Å². The Bertz CT molecular complexity index is 787. The molecule has 8 heteroatoms. The van der Waals surface area contributed by atoms with Crippen molar-refractivity contribution in [3.63, 3.8) is 0 Å². The number of ether oxygens (including phenoxy) is 1. The largest absolute Gasteiger partial charge is 0.461 e. The van der Waals surface area contributed by atoms with Gasteiger partial charge in [-0.1, -0.05) is 30.3 Å². The van der Waals surface area contributed by atoms with Gasteiger partial charge in [0.25, 0.3) is 11.8 Å². The highest BCUT2D eigenvalue weighted by atomic mass is 16.5. The average molecular weight is 343 g/mol. The van der Waals surface area contributed by atoms with Crippen LogP contribution in [0.2, 0.25) is 0 Å². The molecular formula is C17H17N3O5. The van der Waals surface area contributed by atoms with Gasteiger partial charge in [-0.2, -0.15) is 0 Å². The molecule has 1 fully saturated rings. The minimum atomic E-state index is -1.15. The fourth-order valence-corrected chi connectivity index (χ4v) is 2.90. The number of carbonyl (C=O) groups is 4. The number of hydrazine groups is 1. The third kappa shape index (κ3) is 2.75. The van der Waals surface area contributed by atoms with Gasteiger partial charge in [0, 0.05) is 6.92 Å². The molecule has 1 aromatic rings. The summed E-state index contributed by atoms with van der Waals surface area (Å²) in [4.78, 5) is 50.5. The molecule has 8 nitrogen and oxygen atoms in total. The fourth-order valence-electron chi connectivity index (χ4n) is 2.90. The first kappa shape index (κ1) is 16.7. The molecule has 0 saturated carbocycles. The number of fused-ring (bicyclic) bond motifs is 1. The first-order chi connectivity index (χ1) is 12.0. The number of likely N-dealkylation sites (tertiary alicyclic amines) is 1. The summed E-state index contributed by atoms with van der Waals surface area (Å²) in [5, 5.41) is 0.993. The number of imide groups is 1. The van der Waals surface area contributed by atoms with Crippen LogP contribution in [0, 0.1) is 0 Å². The predicted molar refractivity (Wildman–Crippen MR) is 85.1 cm³/mol. The van der Waals surface area contributed by atoms with Gasteiger partial charge in [0.2, 0.25) is 5.91 Å². The number of nitrogens with zero attached hydrogens (tertiary/aromatic N) is 2. The SMILES string of the molecule is CCOC(=O)C1=C2C(=O)N(Cc3ccccc3)C(=O)[C@@H]2N(C(C)=O)N1. The molecule has 0 spiro atoms. The molecule has 130 valence electrons. The van der Waals surface area contributed by atoms with Crippen LogP contribution in [0.4, 0.5) is 0 Å². The molecule has 2 aliphatic heterocycles. The molecule has 2 heterocycles. The minimum absolute atomic E-state index is 0.0467. The van der Waals surface area contributed by atoms with E-state index in [4.69, 9.17) is 4.74 Å². The van der Waals surface area contributed by atoms with Crippen LogP contribution >= 0.6 is 0 Å². The predicted octanol–water partition coefficient (Wildman–Crippen LogP) is 0.108. The zero-order chi connectivity index (χ0) is 18.1. The van der Waals surface area contributed by atoms with Gasteiger partial charge in [-0.05, 0) is 12.5 Å². The molecule has 1 atom stereocenters. The van der Waals surface area contributed by atoms with Crippen LogP contribution in [0.5, 0.6) is 0 Å². The normalized spacial score (nSPS) is 19.2. The van der Waals surface area contributed by atoms with Crippen molar-refractivity contribution in [3.05, 3.63) is 47.2 Å². The van der Waals surface area contributed by atoms with E-state index in [1.54, 1.807) is 31.2 Å². The molecule has 1 saturated heterocycles. The monoisotopic (exact) mass is 343 g/mol. The lowest BCUT2D eigenvalue weighted by atomic mass is 10.1. The van der Waals surface area contributed by atoms with Gasteiger partial charge in [0.05, 0.1) is 18.7 Å². The Morgan fingerprint density at radius 2 is 1.88 bits per heavy atom. The summed E-state index contributed by atoms with van der Waals surface area (Å²) in [6.45, 7) is 3.05. The van der Waals surface area contributed by atoms with Crippen molar-refractivity contribution in [1.82, 2.24) is 15.3 Å². The second kappa shape index (κ2) is 6.39. The highest BCUT2D eigenvalue weighted by Crippen LogP contribution is 2.32. The topological polar surface area (TPSA) is 96.0 Å². The molecule has 0 aliphatic carbocycles. The molecule has 1 aromatic carbocycles. The van der Waals surface area contributed by atoms with E-state index in [-0.39, 0.29) is 24.4 Å². The number of rotatable bonds is 4. The molecular weight excluding hydrogens is 326 g/mol. The van der Waals surface area contributed by atoms with E-state index in [2.05, 4.69) is 5.43 Å². The van der Waals surface area contributed by atoms with Crippen molar-refractivity contribution in [2.75, 3.05) is 6.61 Å². The summed E-state index contributed by atoms with van der Waals surface area (Å²) >= 11 is 0. The molecule has 3 rings (SSSR count). The van der Waals surface area contributed by atoms with Gasteiger partial charge in [-0.25, -0.2) is 9.80 Å². The third-order valence-corrected chi connectivity index (χ3v) is 4.01. The Balaban J connectivity index is 1.98. The Morgan fingerprint density at radius 1 is 1.20 bits per heavy atom. The summed E-state index contributed by atoms with van der Waals surface area (Å²) in [5.41, 5.74) is 3.11. The van der Waals surface area contributed by atoms with Gasteiger partial charge in [0.1, 0.15) is 0 Å². The highest BCUT2D eigenvalue weighted by Gasteiger charge is 2.54. The second-order valence-electron chi connectivity index (χ2n) is 5.63. The number of nitrogens with one attached hydrogen (secondary N) is 1. The zero-order valence-electron chi connectivity index (χ0n) is 13.8. The van der Waals surface area contributed by atoms with E-state index in [0.29, 0.717) is 0 Å². The van der Waals surface area contributed by atoms with Crippen molar-refractivity contribution in [3.8, 4) is 0 Å². The first-order valence-electron chi connectivity index (χ1n) is 7.83. The number of esters is 1. The molecule has 1 N–H and O–H groups in total. The first-order valence-corrected chi connectivity index (χ1v) is 7.83. The van der Waals surface area contributed by atoms with E-state index < -0.39 is 29.7 Å². The maximum atomic E-state index is 12.8. The summed E-state index contributed by atoms with van der Waals surface area (Å²) in [7, 11) is 0. The Labute approximate surface area is 144 Å². The number of benzene rings is 1. The van der Waals surface area contributed by atoms with E-state index >= 15 is 0 Å². The van der Waals surface area contributed by atoms with Crippen LogP contribution in [0.15, 0.2) is 41.6 Å². The highest BCUT2D eigenvalue weighted by molar-refractivity contribution is 6.21. The van der Waals surface area contributed by atoms with Crippen molar-refractivity contribution in [1.29, 1.82) is 0 Å². The molecule has 0 radical (unpaired) electrons. The van der Waals surface area contributed by atoms with Crippen molar-refractivity contribution < 1.29 is 23.9 Å². The maximum absolute atomic E-state index is 12.8. The molecule has 25 heavy (non-hydrogen) atoms. The quantitative estimate of drug-likeness (QED) is 0.616. The molecule has 0 aromatic heterocycles. The summed E-state index contributed by atoms with van der Waals surface area (Å²) in [6.07, 6.45) is 0. The zero-order valence-corrected chi connectivity index (χ0v) is 13.8. The summed E-state index contributed by atoms with van der Waals surface area (Å²) in [6, 6.07) is 7.86. The molecule has 2 aliphatic rings. The van der Waals surface area contributed by atoms with Crippen LogP contribution in [0.1, 0.15) is 19.4 Å². The summed E-state index contributed by atoms with van der Waals surface area (Å²) < 4.78 is 4.92. The number of carbonyl (C=O) groups excluding carboxylic acids is 4. The Hall–Kier alpha value is -3.16. The Kier molecular flexibility index (Phi) is 4.26. The van der Waals surface area contributed by atoms with Crippen molar-refractivity contribution >= 4 is 23.7 Å². The van der Waals surface area contributed by atoms with Crippen LogP contribution in [0.3, 0.4) is 0 Å². The average Bonchev–Trinajstić information content (AvgIpc) is 3.09. The number of amides is 3.